The quantitative estimate of drug-likeness (QED) is 0.731. The molecule has 3 N–H and O–H groups in total. The van der Waals surface area contributed by atoms with Gasteiger partial charge in [0.2, 0.25) is 5.91 Å². The average Bonchev–Trinajstić information content (AvgIpc) is 2.46. The van der Waals surface area contributed by atoms with Crippen molar-refractivity contribution in [2.75, 3.05) is 6.61 Å². The summed E-state index contributed by atoms with van der Waals surface area (Å²) in [6.07, 6.45) is 4.73. The third kappa shape index (κ3) is 4.29. The molecule has 1 aromatic rings. The number of aryl methyl sites for hydroxylation is 2. The Morgan fingerprint density at radius 2 is 1.90 bits per heavy atom. The number of rotatable bonds is 6. The van der Waals surface area contributed by atoms with Crippen LogP contribution in [0, 0.1) is 0 Å². The van der Waals surface area contributed by atoms with Crippen molar-refractivity contribution < 1.29 is 19.8 Å². The molecule has 0 spiro atoms. The number of carboxylic acid groups (broad SMARTS) is 1. The zero-order valence-electron chi connectivity index (χ0n) is 12.0. The van der Waals surface area contributed by atoms with Gasteiger partial charge < -0.3 is 15.5 Å². The number of benzene rings is 1. The topological polar surface area (TPSA) is 86.6 Å². The molecule has 5 nitrogen and oxygen atoms in total. The first kappa shape index (κ1) is 15.5. The van der Waals surface area contributed by atoms with Crippen LogP contribution in [0.1, 0.15) is 36.0 Å². The predicted octanol–water partition coefficient (Wildman–Crippen LogP) is 1.06. The number of aliphatic carboxylic acids is 1. The highest BCUT2D eigenvalue weighted by atomic mass is 16.4. The number of hydrogen-bond acceptors (Lipinski definition) is 3. The Hall–Kier alpha value is -1.88. The smallest absolute Gasteiger partial charge is 0.326 e. The maximum absolute atomic E-state index is 11.9. The van der Waals surface area contributed by atoms with Crippen molar-refractivity contribution in [2.45, 2.75) is 44.6 Å². The van der Waals surface area contributed by atoms with Crippen molar-refractivity contribution >= 4 is 11.9 Å². The van der Waals surface area contributed by atoms with Gasteiger partial charge in [0.1, 0.15) is 6.04 Å². The maximum atomic E-state index is 11.9. The Labute approximate surface area is 124 Å². The fourth-order valence-corrected chi connectivity index (χ4v) is 2.71. The lowest BCUT2D eigenvalue weighted by atomic mass is 9.90. The van der Waals surface area contributed by atoms with Gasteiger partial charge in [-0.2, -0.15) is 0 Å². The Kier molecular flexibility index (Phi) is 5.33. The number of nitrogens with one attached hydrogen (secondary N) is 1. The molecule has 1 unspecified atom stereocenters. The molecule has 0 fully saturated rings. The second-order valence-corrected chi connectivity index (χ2v) is 5.46. The molecule has 0 heterocycles. The van der Waals surface area contributed by atoms with E-state index in [4.69, 9.17) is 10.2 Å². The highest BCUT2D eigenvalue weighted by Crippen LogP contribution is 2.22. The molecule has 0 aromatic heterocycles. The van der Waals surface area contributed by atoms with E-state index in [9.17, 15) is 9.59 Å². The summed E-state index contributed by atoms with van der Waals surface area (Å²) < 4.78 is 0. The lowest BCUT2D eigenvalue weighted by molar-refractivity contribution is -0.142. The molecule has 0 radical (unpaired) electrons. The number of carboxylic acids is 1. The number of carbonyl (C=O) groups excluding carboxylic acids is 1. The highest BCUT2D eigenvalue weighted by molar-refractivity contribution is 5.84. The number of hydrogen-bond donors (Lipinski definition) is 3. The van der Waals surface area contributed by atoms with Crippen LogP contribution in [0.15, 0.2) is 18.2 Å². The summed E-state index contributed by atoms with van der Waals surface area (Å²) in [5, 5.41) is 20.2. The SMILES string of the molecule is O=C(Cc1ccc2c(c1)CCCC2)NC(CCO)C(=O)O. The Morgan fingerprint density at radius 1 is 1.19 bits per heavy atom. The monoisotopic (exact) mass is 291 g/mol. The fourth-order valence-electron chi connectivity index (χ4n) is 2.71. The van der Waals surface area contributed by atoms with Gasteiger partial charge in [0.25, 0.3) is 0 Å². The molecule has 21 heavy (non-hydrogen) atoms. The molecular formula is C16H21NO4. The van der Waals surface area contributed by atoms with Gasteiger partial charge in [-0.25, -0.2) is 4.79 Å². The van der Waals surface area contributed by atoms with E-state index in [1.54, 1.807) is 0 Å². The molecule has 0 saturated heterocycles. The molecule has 0 aliphatic heterocycles. The first-order chi connectivity index (χ1) is 10.1. The largest absolute Gasteiger partial charge is 0.480 e. The van der Waals surface area contributed by atoms with E-state index in [1.165, 1.54) is 24.0 Å². The highest BCUT2D eigenvalue weighted by Gasteiger charge is 2.19. The molecule has 1 atom stereocenters. The lowest BCUT2D eigenvalue weighted by Crippen LogP contribution is -2.42. The minimum Gasteiger partial charge on any atom is -0.480 e. The minimum atomic E-state index is -1.12. The van der Waals surface area contributed by atoms with E-state index < -0.39 is 12.0 Å². The zero-order chi connectivity index (χ0) is 15.2. The van der Waals surface area contributed by atoms with Crippen LogP contribution in [-0.2, 0) is 28.9 Å². The number of aliphatic hydroxyl groups is 1. The number of amides is 1. The van der Waals surface area contributed by atoms with E-state index >= 15 is 0 Å². The van der Waals surface area contributed by atoms with Gasteiger partial charge in [-0.3, -0.25) is 4.79 Å². The molecule has 1 aliphatic carbocycles. The van der Waals surface area contributed by atoms with E-state index in [1.807, 2.05) is 6.07 Å². The van der Waals surface area contributed by atoms with E-state index in [-0.39, 0.29) is 25.4 Å². The van der Waals surface area contributed by atoms with Gasteiger partial charge >= 0.3 is 5.97 Å². The summed E-state index contributed by atoms with van der Waals surface area (Å²) in [5.74, 6) is -1.45. The van der Waals surface area contributed by atoms with Gasteiger partial charge in [0.15, 0.2) is 0 Å². The van der Waals surface area contributed by atoms with Crippen molar-refractivity contribution in [3.63, 3.8) is 0 Å². The summed E-state index contributed by atoms with van der Waals surface area (Å²) in [4.78, 5) is 22.9. The summed E-state index contributed by atoms with van der Waals surface area (Å²) in [5.41, 5.74) is 3.56. The molecule has 2 rings (SSSR count). The average molecular weight is 291 g/mol. The van der Waals surface area contributed by atoms with Crippen LogP contribution in [0.2, 0.25) is 0 Å². The zero-order valence-corrected chi connectivity index (χ0v) is 12.0. The second kappa shape index (κ2) is 7.22. The third-order valence-corrected chi connectivity index (χ3v) is 3.83. The third-order valence-electron chi connectivity index (χ3n) is 3.83. The molecule has 0 bridgehead atoms. The van der Waals surface area contributed by atoms with E-state index in [0.717, 1.165) is 18.4 Å². The first-order valence-electron chi connectivity index (χ1n) is 7.34. The Bertz CT molecular complexity index is 527. The summed E-state index contributed by atoms with van der Waals surface area (Å²) in [6, 6.07) is 5.03. The standard InChI is InChI=1S/C16H21NO4/c18-8-7-14(16(20)21)17-15(19)10-11-5-6-12-3-1-2-4-13(12)9-11/h5-6,9,14,18H,1-4,7-8,10H2,(H,17,19)(H,20,21). The maximum Gasteiger partial charge on any atom is 0.326 e. The summed E-state index contributed by atoms with van der Waals surface area (Å²) in [6.45, 7) is -0.268. The van der Waals surface area contributed by atoms with Gasteiger partial charge in [-0.15, -0.1) is 0 Å². The summed E-state index contributed by atoms with van der Waals surface area (Å²) >= 11 is 0. The van der Waals surface area contributed by atoms with Crippen molar-refractivity contribution in [3.8, 4) is 0 Å². The van der Waals surface area contributed by atoms with Gasteiger partial charge in [-0.1, -0.05) is 18.2 Å². The van der Waals surface area contributed by atoms with Crippen LogP contribution in [0.4, 0.5) is 0 Å². The van der Waals surface area contributed by atoms with Gasteiger partial charge in [0, 0.05) is 13.0 Å². The molecule has 1 aromatic carbocycles. The Balaban J connectivity index is 1.97. The number of carbonyl (C=O) groups is 2. The van der Waals surface area contributed by atoms with Gasteiger partial charge in [0.05, 0.1) is 6.42 Å². The van der Waals surface area contributed by atoms with Crippen LogP contribution in [0.5, 0.6) is 0 Å². The normalized spacial score (nSPS) is 15.1. The first-order valence-corrected chi connectivity index (χ1v) is 7.34. The van der Waals surface area contributed by atoms with Crippen molar-refractivity contribution in [1.29, 1.82) is 0 Å². The van der Waals surface area contributed by atoms with Crippen molar-refractivity contribution in [2.24, 2.45) is 0 Å². The van der Waals surface area contributed by atoms with Crippen LogP contribution < -0.4 is 5.32 Å². The molecule has 0 saturated carbocycles. The molecule has 1 aliphatic rings. The van der Waals surface area contributed by atoms with Crippen LogP contribution in [0.25, 0.3) is 0 Å². The molecule has 1 amide bonds. The Morgan fingerprint density at radius 3 is 2.57 bits per heavy atom. The predicted molar refractivity (Wildman–Crippen MR) is 78.1 cm³/mol. The molecule has 5 heteroatoms. The van der Waals surface area contributed by atoms with Crippen LogP contribution in [-0.4, -0.2) is 34.7 Å². The number of fused-ring (bicyclic) bond motifs is 1. The van der Waals surface area contributed by atoms with Crippen molar-refractivity contribution in [3.05, 3.63) is 34.9 Å². The molecule has 114 valence electrons. The lowest BCUT2D eigenvalue weighted by Gasteiger charge is -2.17. The second-order valence-electron chi connectivity index (χ2n) is 5.46. The van der Waals surface area contributed by atoms with Crippen molar-refractivity contribution in [1.82, 2.24) is 5.32 Å². The number of aliphatic hydroxyl groups excluding tert-OH is 1. The summed E-state index contributed by atoms with van der Waals surface area (Å²) in [7, 11) is 0. The van der Waals surface area contributed by atoms with E-state index in [0.29, 0.717) is 0 Å². The fraction of sp³-hybridized carbons (Fsp3) is 0.500. The van der Waals surface area contributed by atoms with Gasteiger partial charge in [-0.05, 0) is 42.4 Å². The van der Waals surface area contributed by atoms with Crippen LogP contribution in [0.3, 0.4) is 0 Å². The van der Waals surface area contributed by atoms with Crippen LogP contribution >= 0.6 is 0 Å². The minimum absolute atomic E-state index is 0.0191. The van der Waals surface area contributed by atoms with E-state index in [2.05, 4.69) is 17.4 Å². The molecular weight excluding hydrogens is 270 g/mol.